The van der Waals surface area contributed by atoms with E-state index in [9.17, 15) is 17.6 Å². The molecule has 2 rings (SSSR count). The van der Waals surface area contributed by atoms with Crippen LogP contribution in [-0.4, -0.2) is 43.8 Å². The second-order valence-electron chi connectivity index (χ2n) is 4.67. The molecule has 1 saturated heterocycles. The molecule has 0 bridgehead atoms. The largest absolute Gasteiger partial charge is 0.396 e. The quantitative estimate of drug-likeness (QED) is 0.810. The Labute approximate surface area is 111 Å². The Bertz CT molecular complexity index is 615. The number of hydrogen-bond acceptors (Lipinski definition) is 4. The van der Waals surface area contributed by atoms with Crippen LogP contribution < -0.4 is 5.73 Å². The molecule has 0 spiro atoms. The van der Waals surface area contributed by atoms with Crippen molar-refractivity contribution in [2.75, 3.05) is 24.3 Å². The molecule has 5 nitrogen and oxygen atoms in total. The first-order chi connectivity index (χ1) is 8.82. The molecule has 1 amide bonds. The fourth-order valence-corrected chi connectivity index (χ4v) is 3.93. The highest BCUT2D eigenvalue weighted by Gasteiger charge is 2.33. The lowest BCUT2D eigenvalue weighted by molar-refractivity contribution is 0.0748. The van der Waals surface area contributed by atoms with Crippen LogP contribution in [0.25, 0.3) is 0 Å². The minimum Gasteiger partial charge on any atom is -0.396 e. The topological polar surface area (TPSA) is 80.5 Å². The first-order valence-corrected chi connectivity index (χ1v) is 7.65. The molecule has 2 N–H and O–H groups in total. The van der Waals surface area contributed by atoms with Crippen LogP contribution in [0.4, 0.5) is 10.1 Å². The van der Waals surface area contributed by atoms with Gasteiger partial charge in [0, 0.05) is 13.1 Å². The summed E-state index contributed by atoms with van der Waals surface area (Å²) in [5.41, 5.74) is 5.39. The zero-order valence-corrected chi connectivity index (χ0v) is 11.3. The van der Waals surface area contributed by atoms with E-state index in [-0.39, 0.29) is 28.8 Å². The molecular weight excluding hydrogens is 271 g/mol. The highest BCUT2D eigenvalue weighted by atomic mass is 32.2. The summed E-state index contributed by atoms with van der Waals surface area (Å²) in [6.07, 6.45) is 0.403. The Balaban J connectivity index is 2.23. The zero-order chi connectivity index (χ0) is 14.2. The van der Waals surface area contributed by atoms with Gasteiger partial charge in [-0.2, -0.15) is 0 Å². The van der Waals surface area contributed by atoms with E-state index in [0.717, 1.165) is 0 Å². The molecule has 1 aromatic rings. The van der Waals surface area contributed by atoms with E-state index in [1.807, 2.05) is 0 Å². The van der Waals surface area contributed by atoms with Crippen molar-refractivity contribution in [3.05, 3.63) is 29.6 Å². The van der Waals surface area contributed by atoms with Crippen molar-refractivity contribution in [2.45, 2.75) is 12.5 Å². The number of benzene rings is 1. The van der Waals surface area contributed by atoms with E-state index in [0.29, 0.717) is 6.42 Å². The van der Waals surface area contributed by atoms with E-state index in [4.69, 9.17) is 5.73 Å². The maximum atomic E-state index is 13.3. The van der Waals surface area contributed by atoms with Crippen LogP contribution >= 0.6 is 0 Å². The Morgan fingerprint density at radius 2 is 2.16 bits per heavy atom. The molecule has 0 saturated carbocycles. The third-order valence-corrected chi connectivity index (χ3v) is 5.11. The number of anilines is 1. The van der Waals surface area contributed by atoms with Crippen molar-refractivity contribution in [3.8, 4) is 0 Å². The van der Waals surface area contributed by atoms with Crippen molar-refractivity contribution in [1.82, 2.24) is 4.90 Å². The van der Waals surface area contributed by atoms with Gasteiger partial charge in [0.2, 0.25) is 0 Å². The molecule has 0 aromatic heterocycles. The maximum Gasteiger partial charge on any atom is 0.256 e. The Morgan fingerprint density at radius 3 is 2.74 bits per heavy atom. The van der Waals surface area contributed by atoms with Crippen LogP contribution in [0.5, 0.6) is 0 Å². The number of halogens is 1. The van der Waals surface area contributed by atoms with Gasteiger partial charge >= 0.3 is 0 Å². The summed E-state index contributed by atoms with van der Waals surface area (Å²) in [7, 11) is -1.56. The summed E-state index contributed by atoms with van der Waals surface area (Å²) < 4.78 is 36.1. The maximum absolute atomic E-state index is 13.3. The lowest BCUT2D eigenvalue weighted by Gasteiger charge is -2.24. The lowest BCUT2D eigenvalue weighted by atomic mass is 10.1. The summed E-state index contributed by atoms with van der Waals surface area (Å²) in [5, 5.41) is 0. The molecular formula is C12H15FN2O3S. The highest BCUT2D eigenvalue weighted by molar-refractivity contribution is 7.91. The number of carbonyl (C=O) groups excluding carboxylic acids is 1. The molecule has 19 heavy (non-hydrogen) atoms. The summed E-state index contributed by atoms with van der Waals surface area (Å²) in [5.74, 6) is -1.09. The first kappa shape index (κ1) is 13.8. The monoisotopic (exact) mass is 286 g/mol. The second kappa shape index (κ2) is 4.80. The van der Waals surface area contributed by atoms with Gasteiger partial charge in [-0.1, -0.05) is 6.07 Å². The third-order valence-electron chi connectivity index (χ3n) is 3.36. The number of rotatable bonds is 2. The number of nitrogen functional groups attached to an aromatic ring is 1. The fourth-order valence-electron chi connectivity index (χ4n) is 2.16. The third kappa shape index (κ3) is 2.70. The molecule has 1 fully saturated rings. The van der Waals surface area contributed by atoms with E-state index < -0.39 is 21.6 Å². The molecule has 1 heterocycles. The normalized spacial score (nSPS) is 21.3. The van der Waals surface area contributed by atoms with E-state index in [1.54, 1.807) is 0 Å². The van der Waals surface area contributed by atoms with Gasteiger partial charge in [-0.05, 0) is 18.6 Å². The van der Waals surface area contributed by atoms with Gasteiger partial charge in [0.15, 0.2) is 9.84 Å². The van der Waals surface area contributed by atoms with Gasteiger partial charge in [-0.25, -0.2) is 12.8 Å². The molecule has 104 valence electrons. The number of nitrogens with zero attached hydrogens (tertiary/aromatic N) is 1. The standard InChI is InChI=1S/C12H15FN2O3S/c1-15(8-5-6-19(17,18)7-8)12(16)9-3-2-4-10(13)11(9)14/h2-4,8H,5-7,14H2,1H3. The van der Waals surface area contributed by atoms with Gasteiger partial charge in [0.25, 0.3) is 5.91 Å². The Hall–Kier alpha value is -1.63. The fraction of sp³-hybridized carbons (Fsp3) is 0.417. The second-order valence-corrected chi connectivity index (χ2v) is 6.90. The van der Waals surface area contributed by atoms with Gasteiger partial charge < -0.3 is 10.6 Å². The predicted molar refractivity (Wildman–Crippen MR) is 70.0 cm³/mol. The molecule has 7 heteroatoms. The molecule has 1 aromatic carbocycles. The van der Waals surface area contributed by atoms with Crippen LogP contribution in [-0.2, 0) is 9.84 Å². The summed E-state index contributed by atoms with van der Waals surface area (Å²) in [4.78, 5) is 13.5. The first-order valence-electron chi connectivity index (χ1n) is 5.83. The average Bonchev–Trinajstić information content (AvgIpc) is 2.71. The highest BCUT2D eigenvalue weighted by Crippen LogP contribution is 2.22. The van der Waals surface area contributed by atoms with Crippen molar-refractivity contribution in [3.63, 3.8) is 0 Å². The van der Waals surface area contributed by atoms with E-state index >= 15 is 0 Å². The number of para-hydroxylation sites is 1. The van der Waals surface area contributed by atoms with Gasteiger partial charge in [-0.3, -0.25) is 4.79 Å². The summed E-state index contributed by atoms with van der Waals surface area (Å²) in [6, 6.07) is 3.63. The van der Waals surface area contributed by atoms with Crippen LogP contribution in [0.1, 0.15) is 16.8 Å². The van der Waals surface area contributed by atoms with Crippen molar-refractivity contribution >= 4 is 21.4 Å². The van der Waals surface area contributed by atoms with Crippen molar-refractivity contribution in [2.24, 2.45) is 0 Å². The number of nitrogens with two attached hydrogens (primary N) is 1. The molecule has 0 aliphatic carbocycles. The minimum absolute atomic E-state index is 0.0511. The molecule has 1 aliphatic heterocycles. The number of amides is 1. The molecule has 1 unspecified atom stereocenters. The Kier molecular flexibility index (Phi) is 3.49. The molecule has 1 atom stereocenters. The average molecular weight is 286 g/mol. The van der Waals surface area contributed by atoms with Crippen molar-refractivity contribution < 1.29 is 17.6 Å². The van der Waals surface area contributed by atoms with Crippen LogP contribution in [0.3, 0.4) is 0 Å². The van der Waals surface area contributed by atoms with Crippen LogP contribution in [0, 0.1) is 5.82 Å². The minimum atomic E-state index is -3.07. The predicted octanol–water partition coefficient (Wildman–Crippen LogP) is 0.667. The van der Waals surface area contributed by atoms with Crippen LogP contribution in [0.2, 0.25) is 0 Å². The summed E-state index contributed by atoms with van der Waals surface area (Å²) >= 11 is 0. The number of hydrogen-bond donors (Lipinski definition) is 1. The summed E-state index contributed by atoms with van der Waals surface area (Å²) in [6.45, 7) is 0. The SMILES string of the molecule is CN(C(=O)c1cccc(F)c1N)C1CCS(=O)(=O)C1. The van der Waals surface area contributed by atoms with Gasteiger partial charge in [0.1, 0.15) is 5.82 Å². The number of carbonyl (C=O) groups is 1. The smallest absolute Gasteiger partial charge is 0.256 e. The zero-order valence-electron chi connectivity index (χ0n) is 10.5. The number of sulfone groups is 1. The molecule has 0 radical (unpaired) electrons. The van der Waals surface area contributed by atoms with Crippen LogP contribution in [0.15, 0.2) is 18.2 Å². The Morgan fingerprint density at radius 1 is 1.47 bits per heavy atom. The van der Waals surface area contributed by atoms with E-state index in [1.165, 1.54) is 30.1 Å². The lowest BCUT2D eigenvalue weighted by Crippen LogP contribution is -2.38. The van der Waals surface area contributed by atoms with Gasteiger partial charge in [-0.15, -0.1) is 0 Å². The van der Waals surface area contributed by atoms with E-state index in [2.05, 4.69) is 0 Å². The van der Waals surface area contributed by atoms with Crippen molar-refractivity contribution in [1.29, 1.82) is 0 Å². The molecule has 1 aliphatic rings. The van der Waals surface area contributed by atoms with Gasteiger partial charge in [0.05, 0.1) is 22.8 Å².